The lowest BCUT2D eigenvalue weighted by atomic mass is 9.85. The Kier molecular flexibility index (Phi) is 6.13. The summed E-state index contributed by atoms with van der Waals surface area (Å²) in [5.41, 5.74) is 7.20. The third-order valence-electron chi connectivity index (χ3n) is 3.72. The largest absolute Gasteiger partial charge is 0.370 e. The third-order valence-corrected chi connectivity index (χ3v) is 3.97. The van der Waals surface area contributed by atoms with Gasteiger partial charge in [0.2, 0.25) is 0 Å². The number of halogens is 2. The molecule has 0 radical (unpaired) electrons. The Morgan fingerprint density at radius 2 is 1.90 bits per heavy atom. The lowest BCUT2D eigenvalue weighted by Crippen LogP contribution is -2.37. The van der Waals surface area contributed by atoms with Gasteiger partial charge in [0.1, 0.15) is 0 Å². The fraction of sp³-hybridized carbons (Fsp3) is 0.533. The van der Waals surface area contributed by atoms with Crippen LogP contribution in [0.3, 0.4) is 0 Å². The summed E-state index contributed by atoms with van der Waals surface area (Å²) in [4.78, 5) is 6.62. The second kappa shape index (κ2) is 6.98. The second-order valence-corrected chi connectivity index (χ2v) is 6.34. The van der Waals surface area contributed by atoms with Gasteiger partial charge >= 0.3 is 0 Å². The SMILES string of the molecule is CN(C(N)=NCC(C)(C)c1ccc(Cl)cc1)C1CC1.I. The van der Waals surface area contributed by atoms with Crippen molar-refractivity contribution in [1.29, 1.82) is 0 Å². The number of rotatable bonds is 4. The zero-order valence-corrected chi connectivity index (χ0v) is 15.4. The van der Waals surface area contributed by atoms with Gasteiger partial charge in [0.25, 0.3) is 0 Å². The highest BCUT2D eigenvalue weighted by atomic mass is 127. The van der Waals surface area contributed by atoms with Crippen LogP contribution in [0.25, 0.3) is 0 Å². The van der Waals surface area contributed by atoms with E-state index >= 15 is 0 Å². The van der Waals surface area contributed by atoms with Crippen molar-refractivity contribution in [3.8, 4) is 0 Å². The Balaban J connectivity index is 0.00000200. The molecule has 0 aromatic heterocycles. The fourth-order valence-corrected chi connectivity index (χ4v) is 2.16. The summed E-state index contributed by atoms with van der Waals surface area (Å²) in [6, 6.07) is 8.55. The molecule has 0 spiro atoms. The molecule has 5 heteroatoms. The van der Waals surface area contributed by atoms with Crippen LogP contribution in [-0.4, -0.2) is 30.5 Å². The molecule has 0 unspecified atom stereocenters. The van der Waals surface area contributed by atoms with Gasteiger partial charge < -0.3 is 10.6 Å². The molecule has 1 aromatic carbocycles. The van der Waals surface area contributed by atoms with Crippen molar-refractivity contribution >= 4 is 41.5 Å². The summed E-state index contributed by atoms with van der Waals surface area (Å²) in [6.45, 7) is 5.02. The molecule has 0 atom stereocenters. The molecule has 2 rings (SSSR count). The first-order valence-corrected chi connectivity index (χ1v) is 7.07. The first-order valence-electron chi connectivity index (χ1n) is 6.69. The van der Waals surface area contributed by atoms with E-state index in [0.717, 1.165) is 5.02 Å². The monoisotopic (exact) mass is 407 g/mol. The van der Waals surface area contributed by atoms with Crippen molar-refractivity contribution in [3.05, 3.63) is 34.9 Å². The summed E-state index contributed by atoms with van der Waals surface area (Å²) >= 11 is 5.92. The van der Waals surface area contributed by atoms with E-state index in [0.29, 0.717) is 18.5 Å². The van der Waals surface area contributed by atoms with E-state index in [2.05, 4.69) is 35.9 Å². The smallest absolute Gasteiger partial charge is 0.191 e. The van der Waals surface area contributed by atoms with Crippen LogP contribution in [0.1, 0.15) is 32.3 Å². The number of hydrogen-bond acceptors (Lipinski definition) is 1. The van der Waals surface area contributed by atoms with Crippen LogP contribution >= 0.6 is 35.6 Å². The van der Waals surface area contributed by atoms with E-state index < -0.39 is 0 Å². The average molecular weight is 408 g/mol. The minimum atomic E-state index is -0.0421. The number of aliphatic imine (C=N–C) groups is 1. The van der Waals surface area contributed by atoms with Crippen molar-refractivity contribution in [2.75, 3.05) is 13.6 Å². The zero-order chi connectivity index (χ0) is 14.0. The van der Waals surface area contributed by atoms with E-state index in [4.69, 9.17) is 17.3 Å². The predicted molar refractivity (Wildman–Crippen MR) is 97.2 cm³/mol. The maximum atomic E-state index is 6.02. The van der Waals surface area contributed by atoms with Gasteiger partial charge in [0, 0.05) is 23.5 Å². The molecule has 112 valence electrons. The van der Waals surface area contributed by atoms with E-state index in [-0.39, 0.29) is 29.4 Å². The highest BCUT2D eigenvalue weighted by molar-refractivity contribution is 14.0. The Bertz CT molecular complexity index is 467. The van der Waals surface area contributed by atoms with Gasteiger partial charge in [-0.05, 0) is 30.5 Å². The number of benzene rings is 1. The summed E-state index contributed by atoms with van der Waals surface area (Å²) in [7, 11) is 2.02. The third kappa shape index (κ3) is 4.52. The minimum Gasteiger partial charge on any atom is -0.370 e. The molecule has 1 saturated carbocycles. The second-order valence-electron chi connectivity index (χ2n) is 5.91. The highest BCUT2D eigenvalue weighted by Crippen LogP contribution is 2.27. The Labute approximate surface area is 143 Å². The van der Waals surface area contributed by atoms with Gasteiger partial charge in [0.05, 0.1) is 6.54 Å². The van der Waals surface area contributed by atoms with Crippen molar-refractivity contribution < 1.29 is 0 Å². The number of nitrogens with two attached hydrogens (primary N) is 1. The molecule has 3 nitrogen and oxygen atoms in total. The van der Waals surface area contributed by atoms with Gasteiger partial charge in [-0.3, -0.25) is 4.99 Å². The molecule has 0 saturated heterocycles. The Morgan fingerprint density at radius 3 is 2.40 bits per heavy atom. The zero-order valence-electron chi connectivity index (χ0n) is 12.3. The molecule has 1 aliphatic rings. The number of nitrogens with zero attached hydrogens (tertiary/aromatic N) is 2. The molecular formula is C15H23ClIN3. The Hall–Kier alpha value is -0.490. The first kappa shape index (κ1) is 17.6. The Morgan fingerprint density at radius 1 is 1.35 bits per heavy atom. The van der Waals surface area contributed by atoms with Gasteiger partial charge in [-0.2, -0.15) is 0 Å². The van der Waals surface area contributed by atoms with Crippen molar-refractivity contribution in [2.24, 2.45) is 10.7 Å². The topological polar surface area (TPSA) is 41.6 Å². The molecule has 0 bridgehead atoms. The van der Waals surface area contributed by atoms with Crippen LogP contribution in [0.2, 0.25) is 5.02 Å². The van der Waals surface area contributed by atoms with E-state index in [9.17, 15) is 0 Å². The maximum Gasteiger partial charge on any atom is 0.191 e. The van der Waals surface area contributed by atoms with Crippen LogP contribution in [0.5, 0.6) is 0 Å². The number of hydrogen-bond donors (Lipinski definition) is 1. The summed E-state index contributed by atoms with van der Waals surface area (Å²) in [6.07, 6.45) is 2.46. The lowest BCUT2D eigenvalue weighted by molar-refractivity contribution is 0.476. The summed E-state index contributed by atoms with van der Waals surface area (Å²) in [5, 5.41) is 0.760. The van der Waals surface area contributed by atoms with E-state index in [1.807, 2.05) is 19.2 Å². The van der Waals surface area contributed by atoms with Crippen molar-refractivity contribution in [1.82, 2.24) is 4.90 Å². The minimum absolute atomic E-state index is 0. The molecule has 0 aliphatic heterocycles. The summed E-state index contributed by atoms with van der Waals surface area (Å²) < 4.78 is 0. The van der Waals surface area contributed by atoms with Gasteiger partial charge in [-0.25, -0.2) is 0 Å². The fourth-order valence-electron chi connectivity index (χ4n) is 2.03. The van der Waals surface area contributed by atoms with E-state index in [1.54, 1.807) is 0 Å². The molecule has 0 heterocycles. The van der Waals surface area contributed by atoms with Crippen LogP contribution in [0, 0.1) is 0 Å². The molecule has 2 N–H and O–H groups in total. The number of guanidine groups is 1. The molecule has 1 aromatic rings. The van der Waals surface area contributed by atoms with Crippen molar-refractivity contribution in [3.63, 3.8) is 0 Å². The first-order chi connectivity index (χ1) is 8.90. The average Bonchev–Trinajstić information content (AvgIpc) is 3.20. The highest BCUT2D eigenvalue weighted by Gasteiger charge is 2.28. The van der Waals surface area contributed by atoms with Crippen LogP contribution < -0.4 is 5.73 Å². The van der Waals surface area contributed by atoms with Gasteiger partial charge in [-0.15, -0.1) is 24.0 Å². The van der Waals surface area contributed by atoms with Gasteiger partial charge in [0.15, 0.2) is 5.96 Å². The molecule has 20 heavy (non-hydrogen) atoms. The molecule has 1 fully saturated rings. The van der Waals surface area contributed by atoms with Crippen LogP contribution in [0.4, 0.5) is 0 Å². The lowest BCUT2D eigenvalue weighted by Gasteiger charge is -2.25. The summed E-state index contributed by atoms with van der Waals surface area (Å²) in [5.74, 6) is 0.643. The maximum absolute atomic E-state index is 6.02. The van der Waals surface area contributed by atoms with Crippen LogP contribution in [-0.2, 0) is 5.41 Å². The van der Waals surface area contributed by atoms with Crippen molar-refractivity contribution in [2.45, 2.75) is 38.1 Å². The quantitative estimate of drug-likeness (QED) is 0.470. The molecule has 0 amide bonds. The van der Waals surface area contributed by atoms with Gasteiger partial charge in [-0.1, -0.05) is 37.6 Å². The van der Waals surface area contributed by atoms with E-state index in [1.165, 1.54) is 18.4 Å². The predicted octanol–water partition coefficient (Wildman–Crippen LogP) is 3.64. The standard InChI is InChI=1S/C15H22ClN3.HI/c1-15(2,11-4-6-12(16)7-5-11)10-18-14(17)19(3)13-8-9-13;/h4-7,13H,8-10H2,1-3H3,(H2,17,18);1H. The molecular weight excluding hydrogens is 385 g/mol. The van der Waals surface area contributed by atoms with Crippen LogP contribution in [0.15, 0.2) is 29.3 Å². The molecule has 1 aliphatic carbocycles. The normalized spacial score (nSPS) is 15.7.